The Morgan fingerprint density at radius 2 is 2.00 bits per heavy atom. The average molecular weight is 438 g/mol. The van der Waals surface area contributed by atoms with Gasteiger partial charge in [-0.1, -0.05) is 0 Å². The first-order valence-electron chi connectivity index (χ1n) is 11.1. The summed E-state index contributed by atoms with van der Waals surface area (Å²) in [5, 5.41) is 7.96. The minimum absolute atomic E-state index is 0.0715. The van der Waals surface area contributed by atoms with E-state index in [1.807, 2.05) is 0 Å². The van der Waals surface area contributed by atoms with Crippen LogP contribution in [-0.2, 0) is 20.9 Å². The molecular weight excluding hydrogens is 412 g/mol. The summed E-state index contributed by atoms with van der Waals surface area (Å²) in [7, 11) is 0. The normalized spacial score (nSPS) is 28.5. The maximum Gasteiger partial charge on any atom is 0.245 e. The zero-order chi connectivity index (χ0) is 22.6. The number of hydrogen-bond donors (Lipinski definition) is 2. The van der Waals surface area contributed by atoms with Crippen molar-refractivity contribution >= 4 is 34.5 Å². The fourth-order valence-electron chi connectivity index (χ4n) is 5.31. The maximum absolute atomic E-state index is 13.3. The van der Waals surface area contributed by atoms with E-state index < -0.39 is 6.04 Å². The number of likely N-dealkylation sites (tertiary alicyclic amines) is 1. The molecule has 2 aromatic heterocycles. The minimum Gasteiger partial charge on any atom is -0.369 e. The predicted octanol–water partition coefficient (Wildman–Crippen LogP) is 0.394. The van der Waals surface area contributed by atoms with Gasteiger partial charge in [0.15, 0.2) is 11.4 Å². The number of Topliss-reactive ketones (excluding diaryl/α,β-unsaturated/α-hetero) is 1. The maximum atomic E-state index is 13.3. The Kier molecular flexibility index (Phi) is 4.94. The van der Waals surface area contributed by atoms with Gasteiger partial charge in [-0.2, -0.15) is 5.10 Å². The molecule has 2 saturated carbocycles. The van der Waals surface area contributed by atoms with Crippen LogP contribution >= 0.6 is 0 Å². The summed E-state index contributed by atoms with van der Waals surface area (Å²) in [5.41, 5.74) is 6.15. The summed E-state index contributed by atoms with van der Waals surface area (Å²) in [6.45, 7) is 1.35. The lowest BCUT2D eigenvalue weighted by Gasteiger charge is -2.28. The summed E-state index contributed by atoms with van der Waals surface area (Å²) in [4.78, 5) is 55.7. The number of ketones is 1. The second kappa shape index (κ2) is 7.68. The molecule has 3 aliphatic rings. The highest BCUT2D eigenvalue weighted by Crippen LogP contribution is 2.48. The molecule has 3 heterocycles. The highest BCUT2D eigenvalue weighted by Gasteiger charge is 2.56. The van der Waals surface area contributed by atoms with Crippen molar-refractivity contribution in [1.82, 2.24) is 25.0 Å². The van der Waals surface area contributed by atoms with Gasteiger partial charge in [0.1, 0.15) is 18.3 Å². The fraction of sp³-hybridized carbons (Fsp3) is 0.545. The number of carbonyl (C=O) groups is 4. The highest BCUT2D eigenvalue weighted by atomic mass is 16.2. The summed E-state index contributed by atoms with van der Waals surface area (Å²) >= 11 is 0. The zero-order valence-electron chi connectivity index (χ0n) is 17.9. The number of rotatable bonds is 6. The van der Waals surface area contributed by atoms with Crippen LogP contribution in [0, 0.1) is 11.8 Å². The Balaban J connectivity index is 1.31. The van der Waals surface area contributed by atoms with Gasteiger partial charge >= 0.3 is 0 Å². The first-order valence-corrected chi connectivity index (χ1v) is 11.1. The summed E-state index contributed by atoms with van der Waals surface area (Å²) in [5.74, 6) is -0.760. The lowest BCUT2D eigenvalue weighted by atomic mass is 10.1. The second-order valence-electron chi connectivity index (χ2n) is 9.17. The van der Waals surface area contributed by atoms with E-state index >= 15 is 0 Å². The predicted molar refractivity (Wildman–Crippen MR) is 113 cm³/mol. The first-order chi connectivity index (χ1) is 15.3. The van der Waals surface area contributed by atoms with E-state index in [4.69, 9.17) is 5.73 Å². The van der Waals surface area contributed by atoms with E-state index in [1.54, 1.807) is 23.2 Å². The van der Waals surface area contributed by atoms with E-state index in [2.05, 4.69) is 15.4 Å². The molecule has 3 fully saturated rings. The third kappa shape index (κ3) is 3.53. The Morgan fingerprint density at radius 3 is 2.72 bits per heavy atom. The van der Waals surface area contributed by atoms with E-state index in [-0.39, 0.29) is 53.7 Å². The molecule has 0 bridgehead atoms. The average Bonchev–Trinajstić information content (AvgIpc) is 3.10. The SMILES string of the molecule is CC(=O)c1nn(CC(=O)N2[C@@H]3C[C@@H]3C[C@H]2C(=O)N[C@@H]2CC[C@@H](C(N)=O)C2)c2ncccc12. The van der Waals surface area contributed by atoms with Gasteiger partial charge in [-0.15, -0.1) is 0 Å². The third-order valence-electron chi connectivity index (χ3n) is 7.00. The largest absolute Gasteiger partial charge is 0.369 e. The van der Waals surface area contributed by atoms with Crippen LogP contribution in [0.4, 0.5) is 0 Å². The van der Waals surface area contributed by atoms with Crippen LogP contribution in [-0.4, -0.2) is 61.3 Å². The number of nitrogens with zero attached hydrogens (tertiary/aromatic N) is 4. The van der Waals surface area contributed by atoms with Gasteiger partial charge in [-0.3, -0.25) is 19.2 Å². The number of amides is 3. The smallest absolute Gasteiger partial charge is 0.245 e. The van der Waals surface area contributed by atoms with Gasteiger partial charge < -0.3 is 16.0 Å². The van der Waals surface area contributed by atoms with Crippen LogP contribution in [0.1, 0.15) is 49.5 Å². The monoisotopic (exact) mass is 438 g/mol. The zero-order valence-corrected chi connectivity index (χ0v) is 17.9. The van der Waals surface area contributed by atoms with Crippen LogP contribution in [0.5, 0.6) is 0 Å². The van der Waals surface area contributed by atoms with E-state index in [0.717, 1.165) is 6.42 Å². The van der Waals surface area contributed by atoms with Crippen molar-refractivity contribution in [2.45, 2.75) is 63.7 Å². The molecule has 5 atom stereocenters. The summed E-state index contributed by atoms with van der Waals surface area (Å²) in [6.07, 6.45) is 5.08. The van der Waals surface area contributed by atoms with Gasteiger partial charge in [0.05, 0.1) is 5.39 Å². The van der Waals surface area contributed by atoms with E-state index in [1.165, 1.54) is 11.6 Å². The molecule has 0 radical (unpaired) electrons. The molecule has 2 aromatic rings. The van der Waals surface area contributed by atoms with E-state index in [9.17, 15) is 19.2 Å². The van der Waals surface area contributed by atoms with Crippen molar-refractivity contribution in [3.05, 3.63) is 24.0 Å². The van der Waals surface area contributed by atoms with Crippen molar-refractivity contribution < 1.29 is 19.2 Å². The Morgan fingerprint density at radius 1 is 1.19 bits per heavy atom. The van der Waals surface area contributed by atoms with E-state index in [0.29, 0.717) is 42.6 Å². The standard InChI is InChI=1S/C22H26N6O4/c1-11(29)19-15-3-2-6-24-21(15)27(26-19)10-18(30)28-16-8-13(16)9-17(28)22(32)25-14-5-4-12(7-14)20(23)31/h2-3,6,12-14,16-17H,4-5,7-10H2,1H3,(H2,23,31)(H,25,32)/t12-,13-,14-,16-,17+/m1/s1. The molecule has 3 N–H and O–H groups in total. The van der Waals surface area contributed by atoms with Gasteiger partial charge in [0, 0.05) is 31.1 Å². The first kappa shape index (κ1) is 20.6. The van der Waals surface area contributed by atoms with Crippen molar-refractivity contribution in [3.63, 3.8) is 0 Å². The Hall–Kier alpha value is -3.30. The van der Waals surface area contributed by atoms with Gasteiger partial charge in [-0.25, -0.2) is 9.67 Å². The Bertz CT molecular complexity index is 1130. The van der Waals surface area contributed by atoms with Crippen molar-refractivity contribution in [1.29, 1.82) is 0 Å². The quantitative estimate of drug-likeness (QED) is 0.626. The number of carbonyl (C=O) groups excluding carboxylic acids is 4. The van der Waals surface area contributed by atoms with Crippen LogP contribution in [0.3, 0.4) is 0 Å². The topological polar surface area (TPSA) is 140 Å². The molecule has 0 aromatic carbocycles. The van der Waals surface area contributed by atoms with Crippen LogP contribution in [0.2, 0.25) is 0 Å². The number of fused-ring (bicyclic) bond motifs is 2. The molecule has 168 valence electrons. The molecule has 0 unspecified atom stereocenters. The van der Waals surface area contributed by atoms with Gasteiger partial charge in [0.2, 0.25) is 17.7 Å². The van der Waals surface area contributed by atoms with Crippen LogP contribution in [0.25, 0.3) is 11.0 Å². The fourth-order valence-corrected chi connectivity index (χ4v) is 5.31. The molecule has 2 aliphatic carbocycles. The van der Waals surface area contributed by atoms with Crippen molar-refractivity contribution in [2.75, 3.05) is 0 Å². The minimum atomic E-state index is -0.527. The van der Waals surface area contributed by atoms with Crippen molar-refractivity contribution in [3.8, 4) is 0 Å². The number of piperidine rings is 1. The number of primary amides is 1. The summed E-state index contributed by atoms with van der Waals surface area (Å²) in [6, 6.07) is 2.94. The lowest BCUT2D eigenvalue weighted by molar-refractivity contribution is -0.140. The number of aromatic nitrogens is 3. The summed E-state index contributed by atoms with van der Waals surface area (Å²) < 4.78 is 1.45. The van der Waals surface area contributed by atoms with Crippen LogP contribution in [0.15, 0.2) is 18.3 Å². The molecule has 32 heavy (non-hydrogen) atoms. The molecule has 0 spiro atoms. The third-order valence-corrected chi connectivity index (χ3v) is 7.00. The number of nitrogens with two attached hydrogens (primary N) is 1. The Labute approximate surface area is 184 Å². The lowest BCUT2D eigenvalue weighted by Crippen LogP contribution is -2.50. The highest BCUT2D eigenvalue weighted by molar-refractivity contribution is 6.04. The molecule has 5 rings (SSSR count). The second-order valence-corrected chi connectivity index (χ2v) is 9.17. The van der Waals surface area contributed by atoms with Gasteiger partial charge in [-0.05, 0) is 50.2 Å². The number of nitrogens with one attached hydrogen (secondary N) is 1. The van der Waals surface area contributed by atoms with Crippen molar-refractivity contribution in [2.24, 2.45) is 17.6 Å². The number of pyridine rings is 1. The molecule has 10 nitrogen and oxygen atoms in total. The molecule has 10 heteroatoms. The molecular formula is C22H26N6O4. The van der Waals surface area contributed by atoms with Gasteiger partial charge in [0.25, 0.3) is 0 Å². The molecule has 3 amide bonds. The number of hydrogen-bond acceptors (Lipinski definition) is 6. The molecule has 1 saturated heterocycles. The van der Waals surface area contributed by atoms with Crippen LogP contribution < -0.4 is 11.1 Å². The molecule has 1 aliphatic heterocycles.